The molecule has 0 aliphatic rings. The van der Waals surface area contributed by atoms with E-state index in [-0.39, 0.29) is 5.97 Å². The molecule has 0 spiro atoms. The first-order chi connectivity index (χ1) is 9.95. The zero-order chi connectivity index (χ0) is 15.8. The molecule has 0 aliphatic heterocycles. The Morgan fingerprint density at radius 1 is 1.00 bits per heavy atom. The molecular weight excluding hydrogens is 274 g/mol. The molecule has 0 radical (unpaired) electrons. The van der Waals surface area contributed by atoms with E-state index in [4.69, 9.17) is 0 Å². The molecule has 21 heavy (non-hydrogen) atoms. The molecule has 0 heterocycles. The number of carbonyl (C=O) groups excluding carboxylic acids is 1. The summed E-state index contributed by atoms with van der Waals surface area (Å²) >= 11 is 0. The van der Waals surface area contributed by atoms with Crippen LogP contribution in [0.1, 0.15) is 6.92 Å². The van der Waals surface area contributed by atoms with Gasteiger partial charge < -0.3 is 4.74 Å². The van der Waals surface area contributed by atoms with Gasteiger partial charge in [0.05, 0.1) is 7.11 Å². The van der Waals surface area contributed by atoms with Crippen LogP contribution in [0, 0.1) is 11.6 Å². The molecule has 0 amide bonds. The Morgan fingerprint density at radius 3 is 2.05 bits per heavy atom. The van der Waals surface area contributed by atoms with Gasteiger partial charge in [-0.15, -0.1) is 0 Å². The van der Waals surface area contributed by atoms with Crippen LogP contribution in [-0.2, 0) is 9.53 Å². The fourth-order valence-corrected chi connectivity index (χ4v) is 1.48. The number of hydrogen-bond donors (Lipinski definition) is 0. The van der Waals surface area contributed by atoms with Crippen molar-refractivity contribution in [3.05, 3.63) is 72.3 Å². The zero-order valence-corrected chi connectivity index (χ0v) is 11.9. The SMILES string of the molecule is C=C(C)C(=O)OC.Fc1ccc(-c2ccccc2)cc1F. The summed E-state index contributed by atoms with van der Waals surface area (Å²) in [6.07, 6.45) is 0. The highest BCUT2D eigenvalue weighted by Gasteiger charge is 2.03. The average molecular weight is 290 g/mol. The third kappa shape index (κ3) is 5.18. The van der Waals surface area contributed by atoms with Crippen LogP contribution in [0.25, 0.3) is 11.1 Å². The van der Waals surface area contributed by atoms with Gasteiger partial charge in [0, 0.05) is 5.57 Å². The molecule has 0 saturated carbocycles. The van der Waals surface area contributed by atoms with E-state index in [0.29, 0.717) is 11.1 Å². The van der Waals surface area contributed by atoms with Gasteiger partial charge in [-0.1, -0.05) is 43.0 Å². The van der Waals surface area contributed by atoms with Crippen molar-refractivity contribution in [3.8, 4) is 11.1 Å². The van der Waals surface area contributed by atoms with Crippen LogP contribution in [0.15, 0.2) is 60.7 Å². The Balaban J connectivity index is 0.000000270. The highest BCUT2D eigenvalue weighted by molar-refractivity contribution is 5.86. The van der Waals surface area contributed by atoms with Crippen LogP contribution in [0.4, 0.5) is 8.78 Å². The Kier molecular flexibility index (Phi) is 6.27. The quantitative estimate of drug-likeness (QED) is 0.606. The van der Waals surface area contributed by atoms with Crippen molar-refractivity contribution in [1.82, 2.24) is 0 Å². The lowest BCUT2D eigenvalue weighted by atomic mass is 10.1. The van der Waals surface area contributed by atoms with Gasteiger partial charge in [-0.05, 0) is 30.2 Å². The first-order valence-corrected chi connectivity index (χ1v) is 6.20. The summed E-state index contributed by atoms with van der Waals surface area (Å²) in [6, 6.07) is 13.2. The summed E-state index contributed by atoms with van der Waals surface area (Å²) < 4.78 is 29.8. The van der Waals surface area contributed by atoms with Gasteiger partial charge in [-0.2, -0.15) is 0 Å². The summed E-state index contributed by atoms with van der Waals surface area (Å²) in [6.45, 7) is 4.95. The minimum Gasteiger partial charge on any atom is -0.466 e. The largest absolute Gasteiger partial charge is 0.466 e. The standard InChI is InChI=1S/C12H8F2.C5H8O2/c13-11-7-6-10(8-12(11)14)9-4-2-1-3-5-9;1-4(2)5(6)7-3/h1-8H;1H2,2-3H3. The highest BCUT2D eigenvalue weighted by Crippen LogP contribution is 2.20. The summed E-state index contributed by atoms with van der Waals surface area (Å²) in [5, 5.41) is 0. The fraction of sp³-hybridized carbons (Fsp3) is 0.118. The predicted octanol–water partition coefficient (Wildman–Crippen LogP) is 4.37. The van der Waals surface area contributed by atoms with Crippen LogP contribution in [0.3, 0.4) is 0 Å². The molecule has 2 nitrogen and oxygen atoms in total. The van der Waals surface area contributed by atoms with Gasteiger partial charge in [0.25, 0.3) is 0 Å². The van der Waals surface area contributed by atoms with E-state index in [2.05, 4.69) is 11.3 Å². The Labute approximate surface area is 122 Å². The number of rotatable bonds is 2. The van der Waals surface area contributed by atoms with Crippen LogP contribution in [-0.4, -0.2) is 13.1 Å². The summed E-state index contributed by atoms with van der Waals surface area (Å²) in [5.74, 6) is -1.98. The molecule has 0 saturated heterocycles. The molecule has 110 valence electrons. The van der Waals surface area contributed by atoms with Crippen molar-refractivity contribution in [3.63, 3.8) is 0 Å². The van der Waals surface area contributed by atoms with Crippen molar-refractivity contribution in [2.24, 2.45) is 0 Å². The second-order valence-electron chi connectivity index (χ2n) is 4.27. The minimum absolute atomic E-state index is 0.347. The van der Waals surface area contributed by atoms with Gasteiger partial charge in [0.1, 0.15) is 0 Å². The molecule has 2 rings (SSSR count). The van der Waals surface area contributed by atoms with Crippen molar-refractivity contribution in [2.75, 3.05) is 7.11 Å². The highest BCUT2D eigenvalue weighted by atomic mass is 19.2. The van der Waals surface area contributed by atoms with E-state index in [0.717, 1.165) is 11.6 Å². The van der Waals surface area contributed by atoms with E-state index in [1.54, 1.807) is 13.0 Å². The third-order valence-electron chi connectivity index (χ3n) is 2.56. The minimum atomic E-state index is -0.815. The number of esters is 1. The molecule has 0 fully saturated rings. The second kappa shape index (κ2) is 7.94. The van der Waals surface area contributed by atoms with E-state index in [1.165, 1.54) is 13.2 Å². The topological polar surface area (TPSA) is 26.3 Å². The molecule has 0 atom stereocenters. The van der Waals surface area contributed by atoms with Gasteiger partial charge in [0.2, 0.25) is 0 Å². The first kappa shape index (κ1) is 16.6. The van der Waals surface area contributed by atoms with Gasteiger partial charge in [0.15, 0.2) is 11.6 Å². The lowest BCUT2D eigenvalue weighted by Crippen LogP contribution is -1.98. The number of ether oxygens (including phenoxy) is 1. The number of benzene rings is 2. The lowest BCUT2D eigenvalue weighted by molar-refractivity contribution is -0.136. The normalized spacial score (nSPS) is 9.33. The molecule has 0 aliphatic carbocycles. The van der Waals surface area contributed by atoms with E-state index in [9.17, 15) is 13.6 Å². The number of methoxy groups -OCH3 is 1. The number of carbonyl (C=O) groups is 1. The molecule has 0 bridgehead atoms. The Hall–Kier alpha value is -2.49. The second-order valence-corrected chi connectivity index (χ2v) is 4.27. The number of halogens is 2. The summed E-state index contributed by atoms with van der Waals surface area (Å²) in [5.41, 5.74) is 2.00. The predicted molar refractivity (Wildman–Crippen MR) is 78.6 cm³/mol. The molecule has 0 N–H and O–H groups in total. The molecule has 4 heteroatoms. The average Bonchev–Trinajstić information content (AvgIpc) is 2.50. The molecule has 2 aromatic carbocycles. The monoisotopic (exact) mass is 290 g/mol. The lowest BCUT2D eigenvalue weighted by Gasteiger charge is -2.01. The van der Waals surface area contributed by atoms with Crippen molar-refractivity contribution in [2.45, 2.75) is 6.92 Å². The van der Waals surface area contributed by atoms with Gasteiger partial charge in [-0.25, -0.2) is 13.6 Å². The number of hydrogen-bond acceptors (Lipinski definition) is 2. The maximum Gasteiger partial charge on any atom is 0.332 e. The maximum absolute atomic E-state index is 12.9. The van der Waals surface area contributed by atoms with Gasteiger partial charge >= 0.3 is 5.97 Å². The van der Waals surface area contributed by atoms with Crippen molar-refractivity contribution < 1.29 is 18.3 Å². The molecule has 2 aromatic rings. The van der Waals surface area contributed by atoms with E-state index >= 15 is 0 Å². The van der Waals surface area contributed by atoms with Crippen LogP contribution in [0.5, 0.6) is 0 Å². The summed E-state index contributed by atoms with van der Waals surface area (Å²) in [4.78, 5) is 10.2. The first-order valence-electron chi connectivity index (χ1n) is 6.20. The summed E-state index contributed by atoms with van der Waals surface area (Å²) in [7, 11) is 1.33. The molecule has 0 unspecified atom stereocenters. The van der Waals surface area contributed by atoms with E-state index in [1.807, 2.05) is 30.3 Å². The fourth-order valence-electron chi connectivity index (χ4n) is 1.48. The maximum atomic E-state index is 12.9. The van der Waals surface area contributed by atoms with Crippen LogP contribution < -0.4 is 0 Å². The van der Waals surface area contributed by atoms with Crippen LogP contribution in [0.2, 0.25) is 0 Å². The third-order valence-corrected chi connectivity index (χ3v) is 2.56. The Morgan fingerprint density at radius 2 is 1.62 bits per heavy atom. The molecule has 0 aromatic heterocycles. The van der Waals surface area contributed by atoms with Crippen LogP contribution >= 0.6 is 0 Å². The van der Waals surface area contributed by atoms with E-state index < -0.39 is 11.6 Å². The Bertz CT molecular complexity index is 622. The smallest absolute Gasteiger partial charge is 0.332 e. The molecular formula is C17H16F2O2. The van der Waals surface area contributed by atoms with Gasteiger partial charge in [-0.3, -0.25) is 0 Å². The van der Waals surface area contributed by atoms with Crippen molar-refractivity contribution >= 4 is 5.97 Å². The van der Waals surface area contributed by atoms with Crippen molar-refractivity contribution in [1.29, 1.82) is 0 Å². The zero-order valence-electron chi connectivity index (χ0n) is 11.9.